The third kappa shape index (κ3) is 4.27. The molecule has 0 aliphatic rings. The van der Waals surface area contributed by atoms with Gasteiger partial charge in [0.05, 0.1) is 6.04 Å². The van der Waals surface area contributed by atoms with Crippen molar-refractivity contribution >= 4 is 11.8 Å². The highest BCUT2D eigenvalue weighted by atomic mass is 16.4. The van der Waals surface area contributed by atoms with Crippen molar-refractivity contribution in [3.05, 3.63) is 35.9 Å². The number of hydrogen-bond acceptors (Lipinski definition) is 4. The Labute approximate surface area is 106 Å². The summed E-state index contributed by atoms with van der Waals surface area (Å²) >= 11 is 0. The summed E-state index contributed by atoms with van der Waals surface area (Å²) in [4.78, 5) is 22.4. The SMILES string of the molecule is NC(CCC[C@H](N)C(=O)O)C(=O)c1ccccc1. The summed E-state index contributed by atoms with van der Waals surface area (Å²) in [6.45, 7) is 0. The van der Waals surface area contributed by atoms with Crippen molar-refractivity contribution in [3.63, 3.8) is 0 Å². The molecule has 0 fully saturated rings. The van der Waals surface area contributed by atoms with Crippen LogP contribution in [0.3, 0.4) is 0 Å². The summed E-state index contributed by atoms with van der Waals surface area (Å²) < 4.78 is 0. The van der Waals surface area contributed by atoms with Gasteiger partial charge in [-0.2, -0.15) is 0 Å². The Hall–Kier alpha value is -1.72. The van der Waals surface area contributed by atoms with Crippen LogP contribution in [0.15, 0.2) is 30.3 Å². The zero-order chi connectivity index (χ0) is 13.5. The molecule has 1 aromatic carbocycles. The number of carbonyl (C=O) groups is 2. The lowest BCUT2D eigenvalue weighted by molar-refractivity contribution is -0.138. The minimum Gasteiger partial charge on any atom is -0.480 e. The van der Waals surface area contributed by atoms with E-state index in [4.69, 9.17) is 16.6 Å². The lowest BCUT2D eigenvalue weighted by atomic mass is 9.99. The Morgan fingerprint density at radius 2 is 1.61 bits per heavy atom. The molecule has 2 atom stereocenters. The van der Waals surface area contributed by atoms with E-state index in [9.17, 15) is 9.59 Å². The van der Waals surface area contributed by atoms with E-state index in [0.29, 0.717) is 24.8 Å². The molecule has 0 heterocycles. The molecule has 5 heteroatoms. The number of hydrogen-bond donors (Lipinski definition) is 3. The Bertz CT molecular complexity index is 406. The maximum atomic E-state index is 11.9. The van der Waals surface area contributed by atoms with Gasteiger partial charge in [-0.3, -0.25) is 9.59 Å². The minimum absolute atomic E-state index is 0.125. The van der Waals surface area contributed by atoms with Crippen LogP contribution in [0.1, 0.15) is 29.6 Å². The van der Waals surface area contributed by atoms with Crippen LogP contribution >= 0.6 is 0 Å². The van der Waals surface area contributed by atoms with E-state index < -0.39 is 18.1 Å². The van der Waals surface area contributed by atoms with Crippen LogP contribution < -0.4 is 11.5 Å². The van der Waals surface area contributed by atoms with E-state index in [2.05, 4.69) is 0 Å². The largest absolute Gasteiger partial charge is 0.480 e. The first kappa shape index (κ1) is 14.3. The summed E-state index contributed by atoms with van der Waals surface area (Å²) in [5, 5.41) is 8.61. The first-order chi connectivity index (χ1) is 8.52. The normalized spacial score (nSPS) is 13.9. The van der Waals surface area contributed by atoms with Crippen molar-refractivity contribution in [1.29, 1.82) is 0 Å². The lowest BCUT2D eigenvalue weighted by Gasteiger charge is -2.11. The van der Waals surface area contributed by atoms with Crippen LogP contribution in [0.4, 0.5) is 0 Å². The molecule has 0 saturated carbocycles. The summed E-state index contributed by atoms with van der Waals surface area (Å²) in [6.07, 6.45) is 1.28. The summed E-state index contributed by atoms with van der Waals surface area (Å²) in [5.41, 5.74) is 11.7. The van der Waals surface area contributed by atoms with Gasteiger partial charge in [0.25, 0.3) is 0 Å². The number of rotatable bonds is 7. The van der Waals surface area contributed by atoms with Gasteiger partial charge in [-0.1, -0.05) is 30.3 Å². The van der Waals surface area contributed by atoms with Gasteiger partial charge < -0.3 is 16.6 Å². The fraction of sp³-hybridized carbons (Fsp3) is 0.385. The number of ketones is 1. The average Bonchev–Trinajstić information content (AvgIpc) is 2.38. The third-order valence-corrected chi connectivity index (χ3v) is 2.74. The number of nitrogens with two attached hydrogens (primary N) is 2. The minimum atomic E-state index is -1.03. The number of carboxylic acids is 1. The monoisotopic (exact) mass is 250 g/mol. The van der Waals surface area contributed by atoms with E-state index in [1.165, 1.54) is 0 Å². The lowest BCUT2D eigenvalue weighted by Crippen LogP contribution is -2.33. The van der Waals surface area contributed by atoms with Gasteiger partial charge in [-0.15, -0.1) is 0 Å². The fourth-order valence-corrected chi connectivity index (χ4v) is 1.63. The maximum absolute atomic E-state index is 11.9. The summed E-state index contributed by atoms with van der Waals surface area (Å²) in [6, 6.07) is 7.32. The van der Waals surface area contributed by atoms with Gasteiger partial charge >= 0.3 is 5.97 Å². The second-order valence-electron chi connectivity index (χ2n) is 4.21. The van der Waals surface area contributed by atoms with E-state index in [0.717, 1.165) is 0 Å². The first-order valence-corrected chi connectivity index (χ1v) is 5.85. The Balaban J connectivity index is 2.40. The highest BCUT2D eigenvalue weighted by Crippen LogP contribution is 2.08. The molecule has 0 radical (unpaired) electrons. The molecule has 1 unspecified atom stereocenters. The van der Waals surface area contributed by atoms with Gasteiger partial charge in [-0.05, 0) is 19.3 Å². The molecular formula is C13H18N2O3. The van der Waals surface area contributed by atoms with Crippen LogP contribution in [0.5, 0.6) is 0 Å². The van der Waals surface area contributed by atoms with E-state index in [-0.39, 0.29) is 5.78 Å². The summed E-state index contributed by atoms with van der Waals surface area (Å²) in [7, 11) is 0. The quantitative estimate of drug-likeness (QED) is 0.620. The predicted octanol–water partition coefficient (Wildman–Crippen LogP) is 0.779. The Morgan fingerprint density at radius 3 is 2.17 bits per heavy atom. The van der Waals surface area contributed by atoms with Gasteiger partial charge in [0.2, 0.25) is 0 Å². The molecule has 0 bridgehead atoms. The molecule has 0 aliphatic heterocycles. The van der Waals surface area contributed by atoms with Crippen LogP contribution in [-0.2, 0) is 4.79 Å². The van der Waals surface area contributed by atoms with Crippen molar-refractivity contribution < 1.29 is 14.7 Å². The van der Waals surface area contributed by atoms with Crippen LogP contribution in [-0.4, -0.2) is 28.9 Å². The van der Waals surface area contributed by atoms with E-state index >= 15 is 0 Å². The molecule has 5 nitrogen and oxygen atoms in total. The molecule has 1 aromatic rings. The molecule has 0 spiro atoms. The molecule has 0 amide bonds. The van der Waals surface area contributed by atoms with Crippen LogP contribution in [0.25, 0.3) is 0 Å². The van der Waals surface area contributed by atoms with Gasteiger partial charge in [0.15, 0.2) is 5.78 Å². The zero-order valence-corrected chi connectivity index (χ0v) is 10.1. The van der Waals surface area contributed by atoms with Crippen LogP contribution in [0.2, 0.25) is 0 Å². The predicted molar refractivity (Wildman–Crippen MR) is 68.2 cm³/mol. The van der Waals surface area contributed by atoms with Gasteiger partial charge in [-0.25, -0.2) is 0 Å². The average molecular weight is 250 g/mol. The molecule has 18 heavy (non-hydrogen) atoms. The van der Waals surface area contributed by atoms with Crippen molar-refractivity contribution in [2.24, 2.45) is 11.5 Å². The van der Waals surface area contributed by atoms with Gasteiger partial charge in [0, 0.05) is 5.56 Å². The topological polar surface area (TPSA) is 106 Å². The molecule has 5 N–H and O–H groups in total. The van der Waals surface area contributed by atoms with Crippen molar-refractivity contribution in [1.82, 2.24) is 0 Å². The number of Topliss-reactive ketones (excluding diaryl/α,β-unsaturated/α-hetero) is 1. The number of aliphatic carboxylic acids is 1. The van der Waals surface area contributed by atoms with E-state index in [1.807, 2.05) is 6.07 Å². The Kier molecular flexibility index (Phi) is 5.48. The third-order valence-electron chi connectivity index (χ3n) is 2.74. The molecule has 98 valence electrons. The van der Waals surface area contributed by atoms with Crippen LogP contribution in [0, 0.1) is 0 Å². The fourth-order valence-electron chi connectivity index (χ4n) is 1.63. The molecule has 1 rings (SSSR count). The smallest absolute Gasteiger partial charge is 0.320 e. The zero-order valence-electron chi connectivity index (χ0n) is 10.1. The number of carboxylic acid groups (broad SMARTS) is 1. The molecule has 0 aliphatic carbocycles. The van der Waals surface area contributed by atoms with Crippen molar-refractivity contribution in [2.45, 2.75) is 31.3 Å². The molecule has 0 saturated heterocycles. The van der Waals surface area contributed by atoms with Gasteiger partial charge in [0.1, 0.15) is 6.04 Å². The van der Waals surface area contributed by atoms with Crippen molar-refractivity contribution in [2.75, 3.05) is 0 Å². The highest BCUT2D eigenvalue weighted by molar-refractivity contribution is 5.99. The standard InChI is InChI=1S/C13H18N2O3/c14-10(7-4-8-11(15)13(17)18)12(16)9-5-2-1-3-6-9/h1-3,5-6,10-11H,4,7-8,14-15H2,(H,17,18)/t10?,11-/m0/s1. The summed E-state index contributed by atoms with van der Waals surface area (Å²) in [5.74, 6) is -1.16. The van der Waals surface area contributed by atoms with Crippen molar-refractivity contribution in [3.8, 4) is 0 Å². The maximum Gasteiger partial charge on any atom is 0.320 e. The highest BCUT2D eigenvalue weighted by Gasteiger charge is 2.17. The number of benzene rings is 1. The second-order valence-corrected chi connectivity index (χ2v) is 4.21. The Morgan fingerprint density at radius 1 is 1.06 bits per heavy atom. The van der Waals surface area contributed by atoms with E-state index in [1.54, 1.807) is 24.3 Å². The number of carbonyl (C=O) groups excluding carboxylic acids is 1. The molecule has 0 aromatic heterocycles. The second kappa shape index (κ2) is 6.88. The molecular weight excluding hydrogens is 232 g/mol. The first-order valence-electron chi connectivity index (χ1n) is 5.85.